The van der Waals surface area contributed by atoms with Crippen molar-refractivity contribution in [1.29, 1.82) is 0 Å². The molecule has 0 saturated carbocycles. The third-order valence-electron chi connectivity index (χ3n) is 2.83. The molecule has 1 heterocycles. The van der Waals surface area contributed by atoms with Gasteiger partial charge in [-0.1, -0.05) is 22.9 Å². The number of benzene rings is 1. The van der Waals surface area contributed by atoms with Crippen LogP contribution in [0.15, 0.2) is 51.3 Å². The predicted octanol–water partition coefficient (Wildman–Crippen LogP) is 2.34. The second-order valence-corrected chi connectivity index (χ2v) is 6.32. The van der Waals surface area contributed by atoms with E-state index in [1.165, 1.54) is 6.07 Å². The normalized spacial score (nSPS) is 11.9. The van der Waals surface area contributed by atoms with Crippen LogP contribution in [0.1, 0.15) is 17.0 Å². The number of aryl methyl sites for hydroxylation is 2. The first-order valence-electron chi connectivity index (χ1n) is 5.92. The summed E-state index contributed by atoms with van der Waals surface area (Å²) in [7, 11) is -3.69. The molecule has 0 aliphatic carbocycles. The van der Waals surface area contributed by atoms with E-state index in [-0.39, 0.29) is 15.5 Å². The van der Waals surface area contributed by atoms with Gasteiger partial charge in [0, 0.05) is 5.69 Å². The van der Waals surface area contributed by atoms with Gasteiger partial charge in [0.1, 0.15) is 5.69 Å². The highest BCUT2D eigenvalue weighted by Crippen LogP contribution is 2.23. The Morgan fingerprint density at radius 3 is 2.35 bits per heavy atom. The molecule has 0 atom stereocenters. The molecule has 1 aromatic heterocycles. The second kappa shape index (κ2) is 5.42. The van der Waals surface area contributed by atoms with Gasteiger partial charge in [-0.3, -0.25) is 4.98 Å². The van der Waals surface area contributed by atoms with Gasteiger partial charge in [0.25, 0.3) is 0 Å². The van der Waals surface area contributed by atoms with Gasteiger partial charge in [-0.2, -0.15) is 0 Å². The van der Waals surface area contributed by atoms with Crippen molar-refractivity contribution in [3.8, 4) is 0 Å². The molecule has 5 nitrogen and oxygen atoms in total. The van der Waals surface area contributed by atoms with Crippen LogP contribution in [0, 0.1) is 13.8 Å². The van der Waals surface area contributed by atoms with Crippen LogP contribution in [-0.2, 0) is 9.84 Å². The Bertz CT molecular complexity index is 750. The van der Waals surface area contributed by atoms with Gasteiger partial charge in [0.15, 0.2) is 0 Å². The quantitative estimate of drug-likeness (QED) is 0.534. The van der Waals surface area contributed by atoms with Crippen molar-refractivity contribution in [2.45, 2.75) is 23.6 Å². The molecule has 1 N–H and O–H groups in total. The minimum absolute atomic E-state index is 0.0183. The van der Waals surface area contributed by atoms with Gasteiger partial charge in [-0.15, -0.1) is 0 Å². The summed E-state index contributed by atoms with van der Waals surface area (Å²) in [5.41, 5.74) is 1.74. The molecule has 6 heteroatoms. The van der Waals surface area contributed by atoms with E-state index in [1.807, 2.05) is 6.92 Å². The van der Waals surface area contributed by atoms with Gasteiger partial charge in [0.05, 0.1) is 16.0 Å². The van der Waals surface area contributed by atoms with Crippen molar-refractivity contribution in [1.82, 2.24) is 4.98 Å². The third-order valence-corrected chi connectivity index (χ3v) is 4.64. The SMILES string of the molecule is Cc1ccc(S(=O)(=O)c2ccc(C)nc2C=NO)cc1. The highest BCUT2D eigenvalue weighted by atomic mass is 32.2. The fourth-order valence-electron chi connectivity index (χ4n) is 1.78. The summed E-state index contributed by atoms with van der Waals surface area (Å²) in [6.45, 7) is 3.62. The minimum Gasteiger partial charge on any atom is -0.411 e. The average Bonchev–Trinajstić information content (AvgIpc) is 2.39. The molecule has 0 spiro atoms. The molecule has 0 unspecified atom stereocenters. The van der Waals surface area contributed by atoms with Crippen LogP contribution in [0.5, 0.6) is 0 Å². The summed E-state index contributed by atoms with van der Waals surface area (Å²) < 4.78 is 25.1. The lowest BCUT2D eigenvalue weighted by molar-refractivity contribution is 0.321. The van der Waals surface area contributed by atoms with Crippen LogP contribution >= 0.6 is 0 Å². The molecule has 0 amide bonds. The van der Waals surface area contributed by atoms with Crippen LogP contribution in [0.3, 0.4) is 0 Å². The van der Waals surface area contributed by atoms with Gasteiger partial charge in [0.2, 0.25) is 9.84 Å². The number of nitrogens with zero attached hydrogens (tertiary/aromatic N) is 2. The topological polar surface area (TPSA) is 79.6 Å². The van der Waals surface area contributed by atoms with E-state index in [0.29, 0.717) is 5.69 Å². The van der Waals surface area contributed by atoms with E-state index in [9.17, 15) is 8.42 Å². The van der Waals surface area contributed by atoms with E-state index in [1.54, 1.807) is 37.3 Å². The number of sulfone groups is 1. The Balaban J connectivity index is 2.63. The fraction of sp³-hybridized carbons (Fsp3) is 0.143. The molecule has 1 aromatic carbocycles. The molecule has 0 fully saturated rings. The maximum Gasteiger partial charge on any atom is 0.208 e. The number of hydrogen-bond acceptors (Lipinski definition) is 5. The maximum absolute atomic E-state index is 12.6. The zero-order valence-electron chi connectivity index (χ0n) is 11.1. The number of pyridine rings is 1. The zero-order chi connectivity index (χ0) is 14.8. The summed E-state index contributed by atoms with van der Waals surface area (Å²) in [5, 5.41) is 11.5. The van der Waals surface area contributed by atoms with Crippen molar-refractivity contribution in [3.05, 3.63) is 53.3 Å². The highest BCUT2D eigenvalue weighted by molar-refractivity contribution is 7.91. The number of oxime groups is 1. The van der Waals surface area contributed by atoms with Crippen molar-refractivity contribution < 1.29 is 13.6 Å². The number of hydrogen-bond donors (Lipinski definition) is 1. The first kappa shape index (κ1) is 14.2. The molecule has 0 bridgehead atoms. The lowest BCUT2D eigenvalue weighted by Gasteiger charge is -2.08. The molecule has 2 rings (SSSR count). The Morgan fingerprint density at radius 2 is 1.75 bits per heavy atom. The average molecular weight is 290 g/mol. The molecule has 0 aliphatic heterocycles. The van der Waals surface area contributed by atoms with Crippen molar-refractivity contribution in [2.24, 2.45) is 5.16 Å². The molecule has 0 saturated heterocycles. The van der Waals surface area contributed by atoms with Crippen LogP contribution in [0.2, 0.25) is 0 Å². The van der Waals surface area contributed by atoms with Crippen molar-refractivity contribution >= 4 is 16.1 Å². The van der Waals surface area contributed by atoms with Crippen LogP contribution in [0.25, 0.3) is 0 Å². The molecular weight excluding hydrogens is 276 g/mol. The summed E-state index contributed by atoms with van der Waals surface area (Å²) >= 11 is 0. The third kappa shape index (κ3) is 2.70. The Morgan fingerprint density at radius 1 is 1.10 bits per heavy atom. The molecule has 104 valence electrons. The summed E-state index contributed by atoms with van der Waals surface area (Å²) in [6.07, 6.45) is 1.02. The maximum atomic E-state index is 12.6. The lowest BCUT2D eigenvalue weighted by atomic mass is 10.2. The Labute approximate surface area is 117 Å². The minimum atomic E-state index is -3.69. The largest absolute Gasteiger partial charge is 0.411 e. The zero-order valence-corrected chi connectivity index (χ0v) is 11.9. The molecule has 0 radical (unpaired) electrons. The van der Waals surface area contributed by atoms with Gasteiger partial charge < -0.3 is 5.21 Å². The fourth-order valence-corrected chi connectivity index (χ4v) is 3.15. The van der Waals surface area contributed by atoms with Crippen molar-refractivity contribution in [2.75, 3.05) is 0 Å². The second-order valence-electron chi connectivity index (χ2n) is 4.40. The molecule has 2 aromatic rings. The number of rotatable bonds is 3. The standard InChI is InChI=1S/C14H14N2O3S/c1-10-3-6-12(7-4-10)20(18,19)14-8-5-11(2)16-13(14)9-15-17/h3-9,17H,1-2H3. The summed E-state index contributed by atoms with van der Waals surface area (Å²) in [4.78, 5) is 4.28. The van der Waals surface area contributed by atoms with E-state index < -0.39 is 9.84 Å². The highest BCUT2D eigenvalue weighted by Gasteiger charge is 2.21. The van der Waals surface area contributed by atoms with Gasteiger partial charge in [-0.05, 0) is 38.1 Å². The molecule has 0 aliphatic rings. The monoisotopic (exact) mass is 290 g/mol. The molecular formula is C14H14N2O3S. The van der Waals surface area contributed by atoms with Crippen LogP contribution < -0.4 is 0 Å². The van der Waals surface area contributed by atoms with Crippen LogP contribution in [-0.4, -0.2) is 24.8 Å². The van der Waals surface area contributed by atoms with E-state index >= 15 is 0 Å². The summed E-state index contributed by atoms with van der Waals surface area (Å²) in [5.74, 6) is 0. The van der Waals surface area contributed by atoms with E-state index in [2.05, 4.69) is 10.1 Å². The first-order valence-corrected chi connectivity index (χ1v) is 7.40. The first-order chi connectivity index (χ1) is 9.45. The van der Waals surface area contributed by atoms with Gasteiger partial charge in [-0.25, -0.2) is 8.42 Å². The van der Waals surface area contributed by atoms with E-state index in [4.69, 9.17) is 5.21 Å². The van der Waals surface area contributed by atoms with Crippen molar-refractivity contribution in [3.63, 3.8) is 0 Å². The lowest BCUT2D eigenvalue weighted by Crippen LogP contribution is -2.08. The van der Waals surface area contributed by atoms with Crippen LogP contribution in [0.4, 0.5) is 0 Å². The van der Waals surface area contributed by atoms with Gasteiger partial charge >= 0.3 is 0 Å². The predicted molar refractivity (Wildman–Crippen MR) is 75.0 cm³/mol. The Hall–Kier alpha value is -2.21. The summed E-state index contributed by atoms with van der Waals surface area (Å²) in [6, 6.07) is 9.63. The number of aromatic nitrogens is 1. The Kier molecular flexibility index (Phi) is 3.85. The van der Waals surface area contributed by atoms with E-state index in [0.717, 1.165) is 11.8 Å². The smallest absolute Gasteiger partial charge is 0.208 e. The molecule has 20 heavy (non-hydrogen) atoms.